The molecule has 0 spiro atoms. The van der Waals surface area contributed by atoms with Crippen molar-refractivity contribution in [2.45, 2.75) is 4.90 Å². The lowest BCUT2D eigenvalue weighted by atomic mass is 10.4. The van der Waals surface area contributed by atoms with Crippen LogP contribution < -0.4 is 0 Å². The average Bonchev–Trinajstić information content (AvgIpc) is 2.39. The van der Waals surface area contributed by atoms with E-state index in [1.54, 1.807) is 18.2 Å². The molecule has 1 aromatic rings. The SMILES string of the molecule is O=S(=O)(c1ccc(Br)cc1Cl)N1CCN(CCBr)CC1. The molecular weight excluding hydrogens is 431 g/mol. The Hall–Kier alpha value is 0.340. The lowest BCUT2D eigenvalue weighted by Crippen LogP contribution is -2.49. The molecule has 1 aliphatic heterocycles. The van der Waals surface area contributed by atoms with Crippen LogP contribution in [0.1, 0.15) is 0 Å². The first-order chi connectivity index (χ1) is 9.45. The second-order valence-electron chi connectivity index (χ2n) is 4.51. The summed E-state index contributed by atoms with van der Waals surface area (Å²) < 4.78 is 27.4. The summed E-state index contributed by atoms with van der Waals surface area (Å²) in [5, 5.41) is 1.15. The van der Waals surface area contributed by atoms with Crippen molar-refractivity contribution in [2.75, 3.05) is 38.1 Å². The summed E-state index contributed by atoms with van der Waals surface area (Å²) in [5.41, 5.74) is 0. The Labute approximate surface area is 141 Å². The molecule has 0 bridgehead atoms. The predicted octanol–water partition coefficient (Wildman–Crippen LogP) is 2.80. The minimum Gasteiger partial charge on any atom is -0.300 e. The summed E-state index contributed by atoms with van der Waals surface area (Å²) in [5.74, 6) is 0. The number of nitrogens with zero attached hydrogens (tertiary/aromatic N) is 2. The van der Waals surface area contributed by atoms with E-state index in [0.29, 0.717) is 13.1 Å². The van der Waals surface area contributed by atoms with E-state index in [1.165, 1.54) is 4.31 Å². The van der Waals surface area contributed by atoms with Gasteiger partial charge in [-0.25, -0.2) is 8.42 Å². The summed E-state index contributed by atoms with van der Waals surface area (Å²) >= 11 is 12.7. The Bertz CT molecular complexity index is 575. The topological polar surface area (TPSA) is 40.6 Å². The van der Waals surface area contributed by atoms with Gasteiger partial charge >= 0.3 is 0 Å². The minimum atomic E-state index is -3.51. The van der Waals surface area contributed by atoms with Gasteiger partial charge < -0.3 is 0 Å². The van der Waals surface area contributed by atoms with Gasteiger partial charge in [0, 0.05) is 42.5 Å². The Morgan fingerprint density at radius 3 is 2.40 bits per heavy atom. The van der Waals surface area contributed by atoms with Crippen LogP contribution in [0.3, 0.4) is 0 Å². The van der Waals surface area contributed by atoms with Gasteiger partial charge in [0.2, 0.25) is 10.0 Å². The highest BCUT2D eigenvalue weighted by Gasteiger charge is 2.29. The van der Waals surface area contributed by atoms with E-state index in [9.17, 15) is 8.42 Å². The number of benzene rings is 1. The number of piperazine rings is 1. The second kappa shape index (κ2) is 7.07. The fourth-order valence-electron chi connectivity index (χ4n) is 2.14. The van der Waals surface area contributed by atoms with E-state index in [0.717, 1.165) is 29.4 Å². The molecule has 4 nitrogen and oxygen atoms in total. The summed E-state index contributed by atoms with van der Waals surface area (Å²) in [6, 6.07) is 4.85. The normalized spacial score (nSPS) is 18.4. The molecule has 8 heteroatoms. The van der Waals surface area contributed by atoms with Gasteiger partial charge in [0.1, 0.15) is 4.90 Å². The van der Waals surface area contributed by atoms with Crippen molar-refractivity contribution in [2.24, 2.45) is 0 Å². The van der Waals surface area contributed by atoms with Crippen LogP contribution in [-0.2, 0) is 10.0 Å². The Kier molecular flexibility index (Phi) is 5.90. The van der Waals surface area contributed by atoms with Gasteiger partial charge in [-0.1, -0.05) is 43.5 Å². The molecule has 0 aliphatic carbocycles. The molecule has 0 saturated carbocycles. The first-order valence-corrected chi connectivity index (χ1v) is 9.92. The lowest BCUT2D eigenvalue weighted by molar-refractivity contribution is 0.198. The van der Waals surface area contributed by atoms with Gasteiger partial charge in [-0.3, -0.25) is 4.90 Å². The molecule has 0 radical (unpaired) electrons. The van der Waals surface area contributed by atoms with Gasteiger partial charge in [0.25, 0.3) is 0 Å². The quantitative estimate of drug-likeness (QED) is 0.668. The fourth-order valence-corrected chi connectivity index (χ4v) is 5.07. The zero-order valence-corrected chi connectivity index (χ0v) is 15.5. The van der Waals surface area contributed by atoms with E-state index in [2.05, 4.69) is 36.8 Å². The standard InChI is InChI=1S/C12H15Br2ClN2O2S/c13-3-4-16-5-7-17(8-6-16)20(18,19)12-2-1-10(14)9-11(12)15/h1-2,9H,3-8H2. The molecule has 0 unspecified atom stereocenters. The van der Waals surface area contributed by atoms with Crippen molar-refractivity contribution in [3.05, 3.63) is 27.7 Å². The van der Waals surface area contributed by atoms with Crippen molar-refractivity contribution >= 4 is 53.5 Å². The zero-order chi connectivity index (χ0) is 14.8. The highest BCUT2D eigenvalue weighted by atomic mass is 79.9. The Morgan fingerprint density at radius 1 is 1.20 bits per heavy atom. The smallest absolute Gasteiger partial charge is 0.244 e. The number of halogens is 3. The fraction of sp³-hybridized carbons (Fsp3) is 0.500. The van der Waals surface area contributed by atoms with Crippen LogP contribution in [0.15, 0.2) is 27.6 Å². The molecule has 0 atom stereocenters. The van der Waals surface area contributed by atoms with Crippen LogP contribution in [0.5, 0.6) is 0 Å². The maximum atomic E-state index is 12.6. The molecule has 112 valence electrons. The summed E-state index contributed by atoms with van der Waals surface area (Å²) in [4.78, 5) is 2.42. The summed E-state index contributed by atoms with van der Waals surface area (Å²) in [7, 11) is -3.51. The minimum absolute atomic E-state index is 0.177. The van der Waals surface area contributed by atoms with E-state index in [1.807, 2.05) is 0 Å². The maximum Gasteiger partial charge on any atom is 0.244 e. The van der Waals surface area contributed by atoms with Crippen molar-refractivity contribution < 1.29 is 8.42 Å². The highest BCUT2D eigenvalue weighted by molar-refractivity contribution is 9.10. The van der Waals surface area contributed by atoms with Gasteiger partial charge in [-0.05, 0) is 18.2 Å². The Balaban J connectivity index is 2.15. The number of sulfonamides is 1. The second-order valence-corrected chi connectivity index (χ2v) is 8.53. The van der Waals surface area contributed by atoms with Gasteiger partial charge in [0.15, 0.2) is 0 Å². The summed E-state index contributed by atoms with van der Waals surface area (Å²) in [6.45, 7) is 3.44. The van der Waals surface area contributed by atoms with Crippen LogP contribution >= 0.6 is 43.5 Å². The van der Waals surface area contributed by atoms with Crippen LogP contribution in [0.4, 0.5) is 0 Å². The van der Waals surface area contributed by atoms with Crippen LogP contribution in [0, 0.1) is 0 Å². The molecule has 1 saturated heterocycles. The zero-order valence-electron chi connectivity index (χ0n) is 10.7. The lowest BCUT2D eigenvalue weighted by Gasteiger charge is -2.33. The predicted molar refractivity (Wildman–Crippen MR) is 88.1 cm³/mol. The third kappa shape index (κ3) is 3.75. The third-order valence-corrected chi connectivity index (χ3v) is 6.47. The Morgan fingerprint density at radius 2 is 1.85 bits per heavy atom. The van der Waals surface area contributed by atoms with E-state index in [-0.39, 0.29) is 9.92 Å². The molecule has 1 aliphatic rings. The van der Waals surface area contributed by atoms with E-state index >= 15 is 0 Å². The summed E-state index contributed by atoms with van der Waals surface area (Å²) in [6.07, 6.45) is 0. The van der Waals surface area contributed by atoms with E-state index in [4.69, 9.17) is 11.6 Å². The van der Waals surface area contributed by atoms with Crippen molar-refractivity contribution in [3.63, 3.8) is 0 Å². The van der Waals surface area contributed by atoms with Crippen molar-refractivity contribution in [3.8, 4) is 0 Å². The molecule has 0 aromatic heterocycles. The first kappa shape index (κ1) is 16.7. The molecule has 1 heterocycles. The monoisotopic (exact) mass is 444 g/mol. The average molecular weight is 447 g/mol. The third-order valence-electron chi connectivity index (χ3n) is 3.24. The highest BCUT2D eigenvalue weighted by Crippen LogP contribution is 2.28. The maximum absolute atomic E-state index is 12.6. The first-order valence-electron chi connectivity index (χ1n) is 6.18. The number of hydrogen-bond acceptors (Lipinski definition) is 3. The molecule has 0 N–H and O–H groups in total. The van der Waals surface area contributed by atoms with Gasteiger partial charge in [-0.15, -0.1) is 0 Å². The van der Waals surface area contributed by atoms with E-state index < -0.39 is 10.0 Å². The largest absolute Gasteiger partial charge is 0.300 e. The van der Waals surface area contributed by atoms with Gasteiger partial charge in [-0.2, -0.15) is 4.31 Å². The van der Waals surface area contributed by atoms with Crippen LogP contribution in [0.2, 0.25) is 5.02 Å². The number of alkyl halides is 1. The molecular formula is C12H15Br2ClN2O2S. The number of rotatable bonds is 4. The molecule has 1 fully saturated rings. The van der Waals surface area contributed by atoms with Gasteiger partial charge in [0.05, 0.1) is 5.02 Å². The molecule has 0 amide bonds. The molecule has 2 rings (SSSR count). The van der Waals surface area contributed by atoms with Crippen molar-refractivity contribution in [1.82, 2.24) is 9.21 Å². The molecule has 20 heavy (non-hydrogen) atoms. The van der Waals surface area contributed by atoms with Crippen molar-refractivity contribution in [1.29, 1.82) is 0 Å². The number of hydrogen-bond donors (Lipinski definition) is 0. The molecule has 1 aromatic carbocycles. The van der Waals surface area contributed by atoms with Crippen LogP contribution in [-0.4, -0.2) is 55.7 Å². The van der Waals surface area contributed by atoms with Crippen LogP contribution in [0.25, 0.3) is 0 Å².